The third kappa shape index (κ3) is 16.7. The number of allylic oxidation sites excluding steroid dienone is 15. The van der Waals surface area contributed by atoms with Crippen LogP contribution in [0.5, 0.6) is 0 Å². The zero-order valence-electron chi connectivity index (χ0n) is 45.5. The molecule has 4 nitrogen and oxygen atoms in total. The van der Waals surface area contributed by atoms with Crippen molar-refractivity contribution < 1.29 is 0 Å². The number of aryl methyl sites for hydroxylation is 2. The molecule has 1 N–H and O–H groups in total. The van der Waals surface area contributed by atoms with Crippen LogP contribution in [0.2, 0.25) is 0 Å². The molecule has 3 aliphatic carbocycles. The normalized spacial score (nSPS) is 18.2. The summed E-state index contributed by atoms with van der Waals surface area (Å²) in [6, 6.07) is 36.4. The Morgan fingerprint density at radius 1 is 0.603 bits per heavy atom. The monoisotopic (exact) mass is 967 g/mol. The molecule has 3 aliphatic rings. The van der Waals surface area contributed by atoms with Gasteiger partial charge in [0.1, 0.15) is 0 Å². The van der Waals surface area contributed by atoms with Gasteiger partial charge in [-0.15, -0.1) is 0 Å². The molecule has 0 fully saturated rings. The molecule has 0 heterocycles. The lowest BCUT2D eigenvalue weighted by molar-refractivity contribution is 0.420. The van der Waals surface area contributed by atoms with E-state index in [4.69, 9.17) is 0 Å². The van der Waals surface area contributed by atoms with E-state index in [1.54, 1.807) is 0 Å². The van der Waals surface area contributed by atoms with E-state index in [1.165, 1.54) is 73.9 Å². The second-order valence-corrected chi connectivity index (χ2v) is 21.2. The SMILES string of the molecule is C=C/C=C(C)\C=C/CN(c1ccc(C)cc1)c1ccc(-c2ccc(N(C/C(C)=C\C=C)C3C=CC(N(C4=CCC(C)(C)C=C4)c4ccc(C)cc4)=CC3)cc2)cc1.C=C/C=C(C)\C=C/CNC1C=CC(C)(C)C1. The standard InChI is InChI=1S/C54H59N3.C15H23N/c1-9-12-41(3)14-11-39-55(47-23-15-42(4)16-24-47)48-27-19-45(20-28-48)46-21-29-49(30-22-46)56(40-44(6)13-10-2)50-31-33-52(34-32-50)57(51-25-17-43(5)18-26-51)53-35-37-54(7,8)38-36-53;1-5-7-13(2)8-6-11-16-14-9-10-15(3,4)12-14/h9-31,33-37,50H,1-2,32,38-40H2,3-8H3;5-10,14,16H,1,11-12H2,2-4H3/b14-11-,41-12-,44-13-;8-6-,13-7-. The molecule has 0 aromatic heterocycles. The molecule has 2 unspecified atom stereocenters. The molecule has 2 atom stereocenters. The molecular weight excluding hydrogens is 885 g/mol. The first-order valence-corrected chi connectivity index (χ1v) is 26.2. The molecule has 0 spiro atoms. The Morgan fingerprint density at radius 2 is 1.14 bits per heavy atom. The van der Waals surface area contributed by atoms with Crippen LogP contribution in [0, 0.1) is 24.7 Å². The van der Waals surface area contributed by atoms with E-state index in [0.29, 0.717) is 11.5 Å². The van der Waals surface area contributed by atoms with Crippen LogP contribution in [0.3, 0.4) is 0 Å². The summed E-state index contributed by atoms with van der Waals surface area (Å²) in [5.74, 6) is 0. The van der Waals surface area contributed by atoms with E-state index in [1.807, 2.05) is 30.4 Å². The minimum atomic E-state index is 0.170. The van der Waals surface area contributed by atoms with Gasteiger partial charge in [-0.05, 0) is 137 Å². The van der Waals surface area contributed by atoms with Crippen LogP contribution >= 0.6 is 0 Å². The van der Waals surface area contributed by atoms with Crippen LogP contribution in [0.1, 0.15) is 78.9 Å². The van der Waals surface area contributed by atoms with E-state index in [-0.39, 0.29) is 11.5 Å². The third-order valence-electron chi connectivity index (χ3n) is 13.5. The lowest BCUT2D eigenvalue weighted by Gasteiger charge is -2.36. The Hall–Kier alpha value is -7.14. The number of anilines is 4. The summed E-state index contributed by atoms with van der Waals surface area (Å²) in [7, 11) is 0. The number of rotatable bonds is 20. The van der Waals surface area contributed by atoms with Crippen molar-refractivity contribution in [1.82, 2.24) is 5.32 Å². The third-order valence-corrected chi connectivity index (χ3v) is 13.5. The van der Waals surface area contributed by atoms with E-state index < -0.39 is 0 Å². The highest BCUT2D eigenvalue weighted by atomic mass is 15.2. The fourth-order valence-corrected chi connectivity index (χ4v) is 9.31. The van der Waals surface area contributed by atoms with Crippen LogP contribution in [0.4, 0.5) is 22.7 Å². The van der Waals surface area contributed by atoms with Crippen molar-refractivity contribution in [3.63, 3.8) is 0 Å². The van der Waals surface area contributed by atoms with Gasteiger partial charge >= 0.3 is 0 Å². The molecule has 0 saturated heterocycles. The van der Waals surface area contributed by atoms with Gasteiger partial charge in [0.2, 0.25) is 0 Å². The predicted molar refractivity (Wildman–Crippen MR) is 322 cm³/mol. The van der Waals surface area contributed by atoms with Crippen molar-refractivity contribution in [3.05, 3.63) is 265 Å². The molecule has 7 rings (SSSR count). The molecule has 0 radical (unpaired) electrons. The van der Waals surface area contributed by atoms with Gasteiger partial charge in [-0.2, -0.15) is 0 Å². The van der Waals surface area contributed by atoms with Gasteiger partial charge in [-0.25, -0.2) is 0 Å². The molecule has 4 aromatic rings. The second-order valence-electron chi connectivity index (χ2n) is 21.2. The Balaban J connectivity index is 0.000000463. The van der Waals surface area contributed by atoms with Crippen molar-refractivity contribution in [1.29, 1.82) is 0 Å². The average Bonchev–Trinajstić information content (AvgIpc) is 3.73. The van der Waals surface area contributed by atoms with Gasteiger partial charge in [0.05, 0.1) is 6.04 Å². The summed E-state index contributed by atoms with van der Waals surface area (Å²) >= 11 is 0. The fraction of sp³-hybridized carbons (Fsp3) is 0.275. The average molecular weight is 967 g/mol. The first-order chi connectivity index (χ1) is 35.1. The quantitative estimate of drug-likeness (QED) is 0.0704. The van der Waals surface area contributed by atoms with E-state index in [9.17, 15) is 0 Å². The first-order valence-electron chi connectivity index (χ1n) is 26.2. The Bertz CT molecular complexity index is 2790. The largest absolute Gasteiger partial charge is 0.361 e. The summed E-state index contributed by atoms with van der Waals surface area (Å²) < 4.78 is 0. The maximum absolute atomic E-state index is 3.97. The van der Waals surface area contributed by atoms with Crippen LogP contribution in [-0.4, -0.2) is 31.7 Å². The zero-order valence-corrected chi connectivity index (χ0v) is 45.5. The van der Waals surface area contributed by atoms with Crippen molar-refractivity contribution in [2.75, 3.05) is 34.3 Å². The van der Waals surface area contributed by atoms with Gasteiger partial charge in [0.25, 0.3) is 0 Å². The Labute approximate surface area is 441 Å². The number of hydrogen-bond donors (Lipinski definition) is 1. The summed E-state index contributed by atoms with van der Waals surface area (Å²) in [6.45, 7) is 33.8. The number of nitrogens with zero attached hydrogens (tertiary/aromatic N) is 3. The highest BCUT2D eigenvalue weighted by Gasteiger charge is 2.26. The minimum absolute atomic E-state index is 0.170. The topological polar surface area (TPSA) is 21.8 Å². The van der Waals surface area contributed by atoms with Crippen molar-refractivity contribution in [2.45, 2.75) is 93.7 Å². The highest BCUT2D eigenvalue weighted by Crippen LogP contribution is 2.37. The second kappa shape index (κ2) is 26.5. The van der Waals surface area contributed by atoms with Gasteiger partial charge in [0.15, 0.2) is 0 Å². The highest BCUT2D eigenvalue weighted by molar-refractivity contribution is 5.72. The molecule has 0 amide bonds. The lowest BCUT2D eigenvalue weighted by Crippen LogP contribution is -2.36. The summed E-state index contributed by atoms with van der Waals surface area (Å²) in [4.78, 5) is 7.27. The molecule has 4 heteroatoms. The molecule has 378 valence electrons. The predicted octanol–water partition coefficient (Wildman–Crippen LogP) is 17.9. The lowest BCUT2D eigenvalue weighted by atomic mass is 9.85. The van der Waals surface area contributed by atoms with Gasteiger partial charge in [0, 0.05) is 59.8 Å². The Morgan fingerprint density at radius 3 is 1.64 bits per heavy atom. The first kappa shape index (κ1) is 55.2. The van der Waals surface area contributed by atoms with Crippen LogP contribution in [-0.2, 0) is 0 Å². The van der Waals surface area contributed by atoms with Crippen LogP contribution < -0.4 is 20.0 Å². The molecule has 73 heavy (non-hydrogen) atoms. The number of benzene rings is 4. The van der Waals surface area contributed by atoms with Crippen LogP contribution in [0.15, 0.2) is 254 Å². The zero-order chi connectivity index (χ0) is 52.4. The van der Waals surface area contributed by atoms with Gasteiger partial charge < -0.3 is 20.0 Å². The van der Waals surface area contributed by atoms with E-state index in [2.05, 4.69) is 278 Å². The summed E-state index contributed by atoms with van der Waals surface area (Å²) in [5, 5.41) is 3.51. The molecular formula is C69H82N4. The summed E-state index contributed by atoms with van der Waals surface area (Å²) in [5.41, 5.74) is 16.3. The minimum Gasteiger partial charge on any atom is -0.361 e. The van der Waals surface area contributed by atoms with E-state index >= 15 is 0 Å². The smallest absolute Gasteiger partial charge is 0.0515 e. The molecule has 0 saturated carbocycles. The molecule has 0 bridgehead atoms. The van der Waals surface area contributed by atoms with Gasteiger partial charge in [-0.3, -0.25) is 0 Å². The maximum atomic E-state index is 3.97. The Kier molecular flexibility index (Phi) is 20.0. The molecule has 0 aliphatic heterocycles. The van der Waals surface area contributed by atoms with Crippen molar-refractivity contribution in [3.8, 4) is 11.1 Å². The van der Waals surface area contributed by atoms with Crippen LogP contribution in [0.25, 0.3) is 11.1 Å². The maximum Gasteiger partial charge on any atom is 0.0515 e. The fourth-order valence-electron chi connectivity index (χ4n) is 9.31. The van der Waals surface area contributed by atoms with Crippen molar-refractivity contribution in [2.24, 2.45) is 10.8 Å². The number of nitrogens with one attached hydrogen (secondary N) is 1. The summed E-state index contributed by atoms with van der Waals surface area (Å²) in [6.07, 6.45) is 42.2. The number of hydrogen-bond acceptors (Lipinski definition) is 4. The van der Waals surface area contributed by atoms with Gasteiger partial charge in [-0.1, -0.05) is 221 Å². The van der Waals surface area contributed by atoms with E-state index in [0.717, 1.165) is 38.2 Å². The molecule has 4 aromatic carbocycles. The van der Waals surface area contributed by atoms with Crippen molar-refractivity contribution >= 4 is 22.7 Å².